The Hall–Kier alpha value is -1.42. The van der Waals surface area contributed by atoms with Gasteiger partial charge in [0.05, 0.1) is 0 Å². The molecule has 0 saturated heterocycles. The van der Waals surface area contributed by atoms with E-state index in [1.54, 1.807) is 6.07 Å². The van der Waals surface area contributed by atoms with Gasteiger partial charge in [-0.1, -0.05) is 0 Å². The van der Waals surface area contributed by atoms with Crippen molar-refractivity contribution in [3.8, 4) is 0 Å². The average molecular weight is 152 g/mol. The summed E-state index contributed by atoms with van der Waals surface area (Å²) in [5.41, 5.74) is 6.11. The molecule has 4 nitrogen and oxygen atoms in total. The number of hydrogen-bond donors (Lipinski definition) is 2. The summed E-state index contributed by atoms with van der Waals surface area (Å²) in [6.07, 6.45) is 1.44. The molecule has 3 N–H and O–H groups in total. The molecule has 0 radical (unpaired) electrons. The first-order valence-electron chi connectivity index (χ1n) is 3.12. The number of aromatic nitrogens is 1. The normalized spacial score (nSPS) is 9.55. The Balaban J connectivity index is 3.01. The van der Waals surface area contributed by atoms with Gasteiger partial charge in [0, 0.05) is 12.7 Å². The van der Waals surface area contributed by atoms with Crippen molar-refractivity contribution in [1.82, 2.24) is 4.98 Å². The van der Waals surface area contributed by atoms with Gasteiger partial charge in [0.2, 0.25) is 0 Å². The fourth-order valence-corrected chi connectivity index (χ4v) is 0.718. The van der Waals surface area contributed by atoms with Gasteiger partial charge < -0.3 is 10.8 Å². The van der Waals surface area contributed by atoms with Gasteiger partial charge >= 0.3 is 5.97 Å². The van der Waals surface area contributed by atoms with Crippen molar-refractivity contribution < 1.29 is 9.90 Å². The maximum atomic E-state index is 10.4. The molecule has 0 fully saturated rings. The molecule has 1 rings (SSSR count). The molecule has 1 aromatic heterocycles. The molecule has 0 bridgehead atoms. The average Bonchev–Trinajstić information content (AvgIpc) is 2.05. The Morgan fingerprint density at radius 3 is 3.00 bits per heavy atom. The lowest BCUT2D eigenvalue weighted by molar-refractivity contribution is 0.0690. The number of pyridine rings is 1. The summed E-state index contributed by atoms with van der Waals surface area (Å²) >= 11 is 0. The van der Waals surface area contributed by atoms with Crippen molar-refractivity contribution in [2.24, 2.45) is 5.73 Å². The van der Waals surface area contributed by atoms with E-state index in [-0.39, 0.29) is 5.69 Å². The Morgan fingerprint density at radius 2 is 2.45 bits per heavy atom. The summed E-state index contributed by atoms with van der Waals surface area (Å²) < 4.78 is 0. The van der Waals surface area contributed by atoms with Crippen LogP contribution < -0.4 is 5.73 Å². The van der Waals surface area contributed by atoms with E-state index in [4.69, 9.17) is 10.8 Å². The minimum Gasteiger partial charge on any atom is -0.477 e. The van der Waals surface area contributed by atoms with Crippen LogP contribution in [-0.2, 0) is 6.54 Å². The van der Waals surface area contributed by atoms with Crippen molar-refractivity contribution in [3.63, 3.8) is 0 Å². The van der Waals surface area contributed by atoms with Crippen LogP contribution in [0.15, 0.2) is 18.3 Å². The van der Waals surface area contributed by atoms with E-state index >= 15 is 0 Å². The number of carboxylic acids is 1. The third-order valence-electron chi connectivity index (χ3n) is 1.28. The predicted molar refractivity (Wildman–Crippen MR) is 39.1 cm³/mol. The maximum absolute atomic E-state index is 10.4. The number of hydrogen-bond acceptors (Lipinski definition) is 3. The molecular weight excluding hydrogens is 144 g/mol. The van der Waals surface area contributed by atoms with Gasteiger partial charge in [0.25, 0.3) is 0 Å². The molecule has 0 unspecified atom stereocenters. The van der Waals surface area contributed by atoms with Crippen molar-refractivity contribution in [2.75, 3.05) is 0 Å². The van der Waals surface area contributed by atoms with Crippen molar-refractivity contribution >= 4 is 5.97 Å². The van der Waals surface area contributed by atoms with Crippen LogP contribution in [0, 0.1) is 0 Å². The monoisotopic (exact) mass is 152 g/mol. The van der Waals surface area contributed by atoms with Crippen molar-refractivity contribution in [2.45, 2.75) is 6.54 Å². The minimum absolute atomic E-state index is 0.0351. The molecule has 0 aliphatic heterocycles. The number of carbonyl (C=O) groups is 1. The van der Waals surface area contributed by atoms with E-state index < -0.39 is 5.97 Å². The largest absolute Gasteiger partial charge is 0.477 e. The summed E-state index contributed by atoms with van der Waals surface area (Å²) in [5.74, 6) is -1.03. The van der Waals surface area contributed by atoms with Gasteiger partial charge in [-0.15, -0.1) is 0 Å². The smallest absolute Gasteiger partial charge is 0.354 e. The van der Waals surface area contributed by atoms with E-state index in [9.17, 15) is 4.79 Å². The van der Waals surface area contributed by atoms with Gasteiger partial charge in [0.15, 0.2) is 0 Å². The number of carboxylic acid groups (broad SMARTS) is 1. The number of nitrogens with two attached hydrogens (primary N) is 1. The Bertz CT molecular complexity index is 273. The number of aromatic carboxylic acids is 1. The molecule has 58 valence electrons. The molecule has 0 saturated carbocycles. The molecule has 1 heterocycles. The standard InChI is InChI=1S/C7H8N2O2/c8-4-5-1-2-9-6(3-5)7(10)11/h1-3H,4,8H2,(H,10,11). The van der Waals surface area contributed by atoms with E-state index in [0.29, 0.717) is 6.54 Å². The lowest BCUT2D eigenvalue weighted by atomic mass is 10.2. The van der Waals surface area contributed by atoms with E-state index in [0.717, 1.165) is 5.56 Å². The van der Waals surface area contributed by atoms with Gasteiger partial charge in [-0.05, 0) is 17.7 Å². The third-order valence-corrected chi connectivity index (χ3v) is 1.28. The second kappa shape index (κ2) is 3.12. The molecule has 0 amide bonds. The zero-order valence-corrected chi connectivity index (χ0v) is 5.82. The highest BCUT2D eigenvalue weighted by atomic mass is 16.4. The molecule has 0 aromatic carbocycles. The third kappa shape index (κ3) is 1.75. The van der Waals surface area contributed by atoms with Gasteiger partial charge in [-0.3, -0.25) is 0 Å². The van der Waals surface area contributed by atoms with Crippen LogP contribution in [0.5, 0.6) is 0 Å². The maximum Gasteiger partial charge on any atom is 0.354 e. The van der Waals surface area contributed by atoms with E-state index in [2.05, 4.69) is 4.98 Å². The number of nitrogens with zero attached hydrogens (tertiary/aromatic N) is 1. The summed E-state index contributed by atoms with van der Waals surface area (Å²) in [6.45, 7) is 0.336. The zero-order valence-electron chi connectivity index (χ0n) is 5.82. The van der Waals surface area contributed by atoms with Crippen molar-refractivity contribution in [1.29, 1.82) is 0 Å². The molecular formula is C7H8N2O2. The van der Waals surface area contributed by atoms with Crippen LogP contribution in [0.1, 0.15) is 16.1 Å². The van der Waals surface area contributed by atoms with Crippen molar-refractivity contribution in [3.05, 3.63) is 29.6 Å². The summed E-state index contributed by atoms with van der Waals surface area (Å²) in [4.78, 5) is 14.0. The highest BCUT2D eigenvalue weighted by molar-refractivity contribution is 5.85. The van der Waals surface area contributed by atoms with Crippen LogP contribution in [-0.4, -0.2) is 16.1 Å². The van der Waals surface area contributed by atoms with Crippen LogP contribution >= 0.6 is 0 Å². The zero-order chi connectivity index (χ0) is 8.27. The molecule has 0 spiro atoms. The SMILES string of the molecule is NCc1ccnc(C(=O)O)c1. The lowest BCUT2D eigenvalue weighted by Crippen LogP contribution is -2.03. The van der Waals surface area contributed by atoms with Crippen LogP contribution in [0.4, 0.5) is 0 Å². The van der Waals surface area contributed by atoms with E-state index in [1.165, 1.54) is 12.3 Å². The van der Waals surface area contributed by atoms with Crippen LogP contribution in [0.3, 0.4) is 0 Å². The van der Waals surface area contributed by atoms with Crippen LogP contribution in [0.25, 0.3) is 0 Å². The minimum atomic E-state index is -1.03. The van der Waals surface area contributed by atoms with Gasteiger partial charge in [-0.2, -0.15) is 0 Å². The summed E-state index contributed by atoms with van der Waals surface area (Å²) in [5, 5.41) is 8.50. The first-order chi connectivity index (χ1) is 5.24. The van der Waals surface area contributed by atoms with Crippen LogP contribution in [0.2, 0.25) is 0 Å². The molecule has 11 heavy (non-hydrogen) atoms. The van der Waals surface area contributed by atoms with Gasteiger partial charge in [0.1, 0.15) is 5.69 Å². The first-order valence-corrected chi connectivity index (χ1v) is 3.12. The Morgan fingerprint density at radius 1 is 1.73 bits per heavy atom. The van der Waals surface area contributed by atoms with Gasteiger partial charge in [-0.25, -0.2) is 9.78 Å². The Kier molecular flexibility index (Phi) is 2.18. The number of rotatable bonds is 2. The highest BCUT2D eigenvalue weighted by Crippen LogP contribution is 1.99. The summed E-state index contributed by atoms with van der Waals surface area (Å²) in [7, 11) is 0. The second-order valence-corrected chi connectivity index (χ2v) is 2.06. The molecule has 0 aliphatic rings. The predicted octanol–water partition coefficient (Wildman–Crippen LogP) is 0.238. The topological polar surface area (TPSA) is 76.2 Å². The second-order valence-electron chi connectivity index (χ2n) is 2.06. The molecule has 0 aliphatic carbocycles. The fourth-order valence-electron chi connectivity index (χ4n) is 0.718. The Labute approximate surface area is 63.7 Å². The molecule has 4 heteroatoms. The summed E-state index contributed by atoms with van der Waals surface area (Å²) in [6, 6.07) is 3.15. The molecule has 1 aromatic rings. The lowest BCUT2D eigenvalue weighted by Gasteiger charge is -1.96. The first kappa shape index (κ1) is 7.68. The highest BCUT2D eigenvalue weighted by Gasteiger charge is 2.02. The quantitative estimate of drug-likeness (QED) is 0.636. The fraction of sp³-hybridized carbons (Fsp3) is 0.143. The van der Waals surface area contributed by atoms with E-state index in [1.807, 2.05) is 0 Å². The molecule has 0 atom stereocenters.